The molecule has 7 nitrogen and oxygen atoms in total. The molecule has 0 radical (unpaired) electrons. The highest BCUT2D eigenvalue weighted by Gasteiger charge is 2.42. The maximum Gasteiger partial charge on any atom is 0.260 e. The van der Waals surface area contributed by atoms with Crippen LogP contribution in [0.5, 0.6) is 5.75 Å². The molecular weight excluding hydrogens is 372 g/mol. The van der Waals surface area contributed by atoms with Gasteiger partial charge in [0, 0.05) is 33.3 Å². The van der Waals surface area contributed by atoms with E-state index in [-0.39, 0.29) is 30.4 Å². The van der Waals surface area contributed by atoms with E-state index in [9.17, 15) is 9.59 Å². The molecule has 1 aromatic rings. The molecule has 29 heavy (non-hydrogen) atoms. The van der Waals surface area contributed by atoms with Crippen LogP contribution >= 0.6 is 0 Å². The van der Waals surface area contributed by atoms with Gasteiger partial charge in [0.2, 0.25) is 5.91 Å². The van der Waals surface area contributed by atoms with Crippen molar-refractivity contribution in [2.24, 2.45) is 5.41 Å². The zero-order valence-electron chi connectivity index (χ0n) is 17.5. The Morgan fingerprint density at radius 3 is 2.31 bits per heavy atom. The predicted molar refractivity (Wildman–Crippen MR) is 109 cm³/mol. The average Bonchev–Trinajstić information content (AvgIpc) is 3.14. The van der Waals surface area contributed by atoms with Crippen LogP contribution in [0.4, 0.5) is 0 Å². The Morgan fingerprint density at radius 2 is 1.62 bits per heavy atom. The summed E-state index contributed by atoms with van der Waals surface area (Å²) in [5.74, 6) is 0.829. The van der Waals surface area contributed by atoms with Gasteiger partial charge in [-0.2, -0.15) is 0 Å². The van der Waals surface area contributed by atoms with E-state index >= 15 is 0 Å². The number of carbonyl (C=O) groups excluding carboxylic acids is 2. The van der Waals surface area contributed by atoms with Crippen molar-refractivity contribution in [2.75, 3.05) is 59.7 Å². The fraction of sp³-hybridized carbons (Fsp3) is 0.636. The highest BCUT2D eigenvalue weighted by Crippen LogP contribution is 2.40. The quantitative estimate of drug-likeness (QED) is 0.619. The van der Waals surface area contributed by atoms with Crippen LogP contribution in [-0.4, -0.2) is 81.3 Å². The van der Waals surface area contributed by atoms with Gasteiger partial charge >= 0.3 is 0 Å². The number of carbonyl (C=O) groups is 2. The number of benzene rings is 1. The van der Waals surface area contributed by atoms with Crippen molar-refractivity contribution >= 4 is 11.8 Å². The maximum absolute atomic E-state index is 12.5. The zero-order valence-corrected chi connectivity index (χ0v) is 17.5. The molecule has 0 unspecified atom stereocenters. The van der Waals surface area contributed by atoms with Gasteiger partial charge in [-0.05, 0) is 43.2 Å². The van der Waals surface area contributed by atoms with E-state index in [4.69, 9.17) is 14.2 Å². The second kappa shape index (κ2) is 10.1. The van der Waals surface area contributed by atoms with Crippen molar-refractivity contribution in [1.29, 1.82) is 0 Å². The summed E-state index contributed by atoms with van der Waals surface area (Å²) in [6.07, 6.45) is 2.85. The van der Waals surface area contributed by atoms with Crippen LogP contribution in [0.15, 0.2) is 24.3 Å². The van der Waals surface area contributed by atoms with E-state index < -0.39 is 0 Å². The van der Waals surface area contributed by atoms with E-state index in [1.807, 2.05) is 41.0 Å². The first-order valence-electron chi connectivity index (χ1n) is 10.3. The Kier molecular flexibility index (Phi) is 7.50. The Balaban J connectivity index is 1.41. The lowest BCUT2D eigenvalue weighted by molar-refractivity contribution is -0.138. The van der Waals surface area contributed by atoms with E-state index in [0.717, 1.165) is 56.8 Å². The number of aryl methyl sites for hydroxylation is 1. The lowest BCUT2D eigenvalue weighted by atomic mass is 9.78. The second-order valence-corrected chi connectivity index (χ2v) is 8.05. The molecule has 2 saturated heterocycles. The first kappa shape index (κ1) is 21.6. The summed E-state index contributed by atoms with van der Waals surface area (Å²) >= 11 is 0. The molecule has 1 spiro atoms. The van der Waals surface area contributed by atoms with Crippen molar-refractivity contribution in [3.8, 4) is 5.75 Å². The number of likely N-dealkylation sites (tertiary alicyclic amines) is 2. The van der Waals surface area contributed by atoms with Gasteiger partial charge in [0.25, 0.3) is 5.91 Å². The van der Waals surface area contributed by atoms with Crippen LogP contribution in [0, 0.1) is 12.3 Å². The zero-order chi connectivity index (χ0) is 20.7. The molecule has 0 bridgehead atoms. The summed E-state index contributed by atoms with van der Waals surface area (Å²) in [6, 6.07) is 7.72. The molecule has 2 aliphatic rings. The molecular formula is C22H32N2O5. The molecule has 2 amide bonds. The van der Waals surface area contributed by atoms with E-state index in [1.54, 1.807) is 7.11 Å². The number of hydrogen-bond acceptors (Lipinski definition) is 5. The number of hydrogen-bond donors (Lipinski definition) is 0. The van der Waals surface area contributed by atoms with Gasteiger partial charge < -0.3 is 24.0 Å². The third kappa shape index (κ3) is 5.70. The summed E-state index contributed by atoms with van der Waals surface area (Å²) in [5.41, 5.74) is 1.16. The summed E-state index contributed by atoms with van der Waals surface area (Å²) in [6.45, 7) is 6.07. The standard InChI is InChI=1S/C22H32N2O5/c1-18-5-3-4-6-19(18)29-16-21(26)23-10-7-22(8-11-23)9-12-24(17-22)20(25)15-28-14-13-27-2/h3-6H,7-17H2,1-2H3. The molecule has 0 atom stereocenters. The molecule has 2 aliphatic heterocycles. The molecule has 0 N–H and O–H groups in total. The first-order valence-corrected chi connectivity index (χ1v) is 10.3. The van der Waals surface area contributed by atoms with Gasteiger partial charge in [0.1, 0.15) is 12.4 Å². The minimum absolute atomic E-state index is 0.0283. The molecule has 160 valence electrons. The Bertz CT molecular complexity index is 700. The van der Waals surface area contributed by atoms with Crippen LogP contribution in [0.25, 0.3) is 0 Å². The number of methoxy groups -OCH3 is 1. The number of piperidine rings is 1. The van der Waals surface area contributed by atoms with Gasteiger partial charge in [-0.15, -0.1) is 0 Å². The van der Waals surface area contributed by atoms with Gasteiger partial charge in [-0.3, -0.25) is 9.59 Å². The Labute approximate surface area is 172 Å². The molecule has 0 saturated carbocycles. The van der Waals surface area contributed by atoms with Gasteiger partial charge in [0.05, 0.1) is 13.2 Å². The summed E-state index contributed by atoms with van der Waals surface area (Å²) in [5, 5.41) is 0. The number of nitrogens with zero attached hydrogens (tertiary/aromatic N) is 2. The molecule has 1 aromatic carbocycles. The minimum atomic E-state index is 0.0283. The third-order valence-electron chi connectivity index (χ3n) is 6.07. The topological polar surface area (TPSA) is 68.3 Å². The monoisotopic (exact) mass is 404 g/mol. The SMILES string of the molecule is COCCOCC(=O)N1CCC2(CCN(C(=O)COc3ccccc3C)CC2)C1. The molecule has 0 aliphatic carbocycles. The Hall–Kier alpha value is -2.12. The smallest absolute Gasteiger partial charge is 0.260 e. The van der Waals surface area contributed by atoms with Crippen LogP contribution < -0.4 is 4.74 Å². The predicted octanol–water partition coefficient (Wildman–Crippen LogP) is 1.88. The second-order valence-electron chi connectivity index (χ2n) is 8.05. The lowest BCUT2D eigenvalue weighted by Gasteiger charge is -2.39. The van der Waals surface area contributed by atoms with Crippen molar-refractivity contribution in [3.05, 3.63) is 29.8 Å². The van der Waals surface area contributed by atoms with Crippen molar-refractivity contribution < 1.29 is 23.8 Å². The molecule has 3 rings (SSSR count). The first-order chi connectivity index (χ1) is 14.0. The van der Waals surface area contributed by atoms with Crippen LogP contribution in [0.2, 0.25) is 0 Å². The number of rotatable bonds is 8. The minimum Gasteiger partial charge on any atom is -0.484 e. The lowest BCUT2D eigenvalue weighted by Crippen LogP contribution is -2.46. The molecule has 2 fully saturated rings. The third-order valence-corrected chi connectivity index (χ3v) is 6.07. The molecule has 2 heterocycles. The van der Waals surface area contributed by atoms with Crippen molar-refractivity contribution in [1.82, 2.24) is 9.80 Å². The summed E-state index contributed by atoms with van der Waals surface area (Å²) in [7, 11) is 1.61. The summed E-state index contributed by atoms with van der Waals surface area (Å²) in [4.78, 5) is 28.7. The maximum atomic E-state index is 12.5. The number of ether oxygens (including phenoxy) is 3. The molecule has 7 heteroatoms. The van der Waals surface area contributed by atoms with E-state index in [2.05, 4.69) is 0 Å². The van der Waals surface area contributed by atoms with Crippen LogP contribution in [0.1, 0.15) is 24.8 Å². The van der Waals surface area contributed by atoms with Crippen molar-refractivity contribution in [2.45, 2.75) is 26.2 Å². The highest BCUT2D eigenvalue weighted by atomic mass is 16.5. The van der Waals surface area contributed by atoms with Crippen LogP contribution in [-0.2, 0) is 19.1 Å². The number of para-hydroxylation sites is 1. The Morgan fingerprint density at radius 1 is 0.966 bits per heavy atom. The average molecular weight is 405 g/mol. The normalized spacial score (nSPS) is 18.3. The fourth-order valence-corrected chi connectivity index (χ4v) is 4.13. The summed E-state index contributed by atoms with van der Waals surface area (Å²) < 4.78 is 16.0. The van der Waals surface area contributed by atoms with Crippen LogP contribution in [0.3, 0.4) is 0 Å². The van der Waals surface area contributed by atoms with Gasteiger partial charge in [-0.25, -0.2) is 0 Å². The van der Waals surface area contributed by atoms with E-state index in [0.29, 0.717) is 13.2 Å². The van der Waals surface area contributed by atoms with Gasteiger partial charge in [0.15, 0.2) is 6.61 Å². The van der Waals surface area contributed by atoms with Crippen molar-refractivity contribution in [3.63, 3.8) is 0 Å². The number of amides is 2. The largest absolute Gasteiger partial charge is 0.484 e. The van der Waals surface area contributed by atoms with Gasteiger partial charge in [-0.1, -0.05) is 18.2 Å². The van der Waals surface area contributed by atoms with E-state index in [1.165, 1.54) is 0 Å². The fourth-order valence-electron chi connectivity index (χ4n) is 4.13. The molecule has 0 aromatic heterocycles. The highest BCUT2D eigenvalue weighted by molar-refractivity contribution is 5.78.